The van der Waals surface area contributed by atoms with Gasteiger partial charge in [0.25, 0.3) is 0 Å². The van der Waals surface area contributed by atoms with Gasteiger partial charge in [-0.3, -0.25) is 0 Å². The Morgan fingerprint density at radius 3 is 2.53 bits per heavy atom. The zero-order chi connectivity index (χ0) is 12.6. The van der Waals surface area contributed by atoms with Crippen molar-refractivity contribution >= 4 is 34.3 Å². The largest absolute Gasteiger partial charge is 0.316 e. The van der Waals surface area contributed by atoms with E-state index in [1.165, 1.54) is 11.3 Å². The van der Waals surface area contributed by atoms with E-state index in [0.717, 1.165) is 15.7 Å². The van der Waals surface area contributed by atoms with Gasteiger partial charge in [0.1, 0.15) is 20.4 Å². The molecule has 0 aliphatic heterocycles. The van der Waals surface area contributed by atoms with Gasteiger partial charge in [0.15, 0.2) is 0 Å². The fraction of sp³-hybridized carbons (Fsp3) is 0.455. The smallest absolute Gasteiger partial charge is 0.118 e. The van der Waals surface area contributed by atoms with Crippen molar-refractivity contribution in [3.05, 3.63) is 31.6 Å². The maximum atomic E-state index is 6.12. The van der Waals surface area contributed by atoms with Crippen LogP contribution in [0.25, 0.3) is 0 Å². The molecule has 2 heterocycles. The summed E-state index contributed by atoms with van der Waals surface area (Å²) in [5.41, 5.74) is 7.24. The van der Waals surface area contributed by atoms with Gasteiger partial charge >= 0.3 is 0 Å². The minimum Gasteiger partial charge on any atom is -0.316 e. The number of hydrogen-bond donors (Lipinski definition) is 1. The zero-order valence-corrected chi connectivity index (χ0v) is 12.3. The van der Waals surface area contributed by atoms with Crippen LogP contribution in [-0.4, -0.2) is 9.97 Å². The zero-order valence-electron chi connectivity index (χ0n) is 9.90. The van der Waals surface area contributed by atoms with E-state index in [-0.39, 0.29) is 11.5 Å². The molecule has 0 saturated heterocycles. The van der Waals surface area contributed by atoms with Crippen molar-refractivity contribution in [2.24, 2.45) is 5.73 Å². The molecule has 0 saturated carbocycles. The normalized spacial score (nSPS) is 13.9. The Bertz CT molecular complexity index is 513. The summed E-state index contributed by atoms with van der Waals surface area (Å²) in [5.74, 6) is 0. The molecule has 2 aromatic rings. The molecule has 0 fully saturated rings. The maximum absolute atomic E-state index is 6.12. The predicted molar refractivity (Wildman–Crippen MR) is 74.0 cm³/mol. The summed E-state index contributed by atoms with van der Waals surface area (Å²) < 4.78 is 0.656. The third kappa shape index (κ3) is 2.85. The molecule has 0 aliphatic rings. The maximum Gasteiger partial charge on any atom is 0.118 e. The summed E-state index contributed by atoms with van der Waals surface area (Å²) in [6.07, 6.45) is 1.62. The van der Waals surface area contributed by atoms with Crippen LogP contribution in [0, 0.1) is 0 Å². The SMILES string of the molecule is CC(C)(C)c1csc(C(N)c2ncc(Cl)s2)n1. The van der Waals surface area contributed by atoms with Crippen molar-refractivity contribution in [3.63, 3.8) is 0 Å². The number of aromatic nitrogens is 2. The van der Waals surface area contributed by atoms with Crippen LogP contribution in [0.3, 0.4) is 0 Å². The quantitative estimate of drug-likeness (QED) is 0.918. The third-order valence-corrected chi connectivity index (χ3v) is 4.44. The van der Waals surface area contributed by atoms with E-state index in [1.54, 1.807) is 17.5 Å². The van der Waals surface area contributed by atoms with Gasteiger partial charge in [-0.05, 0) is 0 Å². The predicted octanol–water partition coefficient (Wildman–Crippen LogP) is 3.60. The molecule has 0 bridgehead atoms. The van der Waals surface area contributed by atoms with Crippen molar-refractivity contribution in [2.75, 3.05) is 0 Å². The van der Waals surface area contributed by atoms with Crippen LogP contribution in [-0.2, 0) is 5.41 Å². The molecule has 0 spiro atoms. The van der Waals surface area contributed by atoms with E-state index in [1.807, 2.05) is 0 Å². The topological polar surface area (TPSA) is 51.8 Å². The van der Waals surface area contributed by atoms with Crippen LogP contribution in [0.15, 0.2) is 11.6 Å². The molecule has 2 N–H and O–H groups in total. The average Bonchev–Trinajstić information content (AvgIpc) is 2.83. The van der Waals surface area contributed by atoms with Gasteiger partial charge in [-0.2, -0.15) is 0 Å². The van der Waals surface area contributed by atoms with E-state index in [9.17, 15) is 0 Å². The lowest BCUT2D eigenvalue weighted by molar-refractivity contribution is 0.569. The van der Waals surface area contributed by atoms with Crippen LogP contribution < -0.4 is 5.73 Å². The van der Waals surface area contributed by atoms with Gasteiger partial charge in [-0.1, -0.05) is 32.4 Å². The number of thiazole rings is 2. The molecule has 1 unspecified atom stereocenters. The number of hydrogen-bond acceptors (Lipinski definition) is 5. The number of nitrogens with two attached hydrogens (primary N) is 1. The van der Waals surface area contributed by atoms with Crippen molar-refractivity contribution in [3.8, 4) is 0 Å². The first kappa shape index (κ1) is 13.0. The molecule has 3 nitrogen and oxygen atoms in total. The van der Waals surface area contributed by atoms with Crippen LogP contribution in [0.2, 0.25) is 4.34 Å². The summed E-state index contributed by atoms with van der Waals surface area (Å²) in [4.78, 5) is 8.78. The van der Waals surface area contributed by atoms with E-state index in [4.69, 9.17) is 17.3 Å². The van der Waals surface area contributed by atoms with Crippen LogP contribution in [0.4, 0.5) is 0 Å². The van der Waals surface area contributed by atoms with Crippen LogP contribution in [0.1, 0.15) is 42.5 Å². The molecule has 6 heteroatoms. The Morgan fingerprint density at radius 1 is 1.35 bits per heavy atom. The lowest BCUT2D eigenvalue weighted by atomic mass is 9.93. The van der Waals surface area contributed by atoms with E-state index < -0.39 is 0 Å². The molecule has 0 aromatic carbocycles. The fourth-order valence-corrected chi connectivity index (χ4v) is 3.35. The molecule has 1 atom stereocenters. The standard InChI is InChI=1S/C11H14ClN3S2/c1-11(2,3)6-5-16-10(15-6)8(13)9-14-4-7(12)17-9/h4-5,8H,13H2,1-3H3. The van der Waals surface area contributed by atoms with Gasteiger partial charge in [0.05, 0.1) is 11.9 Å². The first-order valence-corrected chi connectivity index (χ1v) is 7.28. The Hall–Kier alpha value is -0.490. The second-order valence-electron chi connectivity index (χ2n) is 4.80. The van der Waals surface area contributed by atoms with Crippen LogP contribution >= 0.6 is 34.3 Å². The number of halogens is 1. The Balaban J connectivity index is 2.26. The van der Waals surface area contributed by atoms with Gasteiger partial charge in [-0.25, -0.2) is 9.97 Å². The van der Waals surface area contributed by atoms with Crippen molar-refractivity contribution < 1.29 is 0 Å². The summed E-state index contributed by atoms with van der Waals surface area (Å²) >= 11 is 8.83. The number of rotatable bonds is 2. The van der Waals surface area contributed by atoms with E-state index >= 15 is 0 Å². The second kappa shape index (κ2) is 4.65. The summed E-state index contributed by atoms with van der Waals surface area (Å²) in [6.45, 7) is 6.41. The van der Waals surface area contributed by atoms with Gasteiger partial charge < -0.3 is 5.73 Å². The fourth-order valence-electron chi connectivity index (χ4n) is 1.29. The molecular weight excluding hydrogens is 274 g/mol. The summed E-state index contributed by atoms with van der Waals surface area (Å²) in [6, 6.07) is -0.270. The summed E-state index contributed by atoms with van der Waals surface area (Å²) in [7, 11) is 0. The highest BCUT2D eigenvalue weighted by molar-refractivity contribution is 7.16. The third-order valence-electron chi connectivity index (χ3n) is 2.32. The Kier molecular flexibility index (Phi) is 3.54. The number of nitrogens with zero attached hydrogens (tertiary/aromatic N) is 2. The first-order chi connectivity index (χ1) is 7.88. The Morgan fingerprint density at radius 2 is 2.06 bits per heavy atom. The molecule has 2 rings (SSSR count). The van der Waals surface area contributed by atoms with Gasteiger partial charge in [0.2, 0.25) is 0 Å². The first-order valence-electron chi connectivity index (χ1n) is 5.20. The van der Waals surface area contributed by atoms with Gasteiger partial charge in [-0.15, -0.1) is 22.7 Å². The Labute approximate surface area is 114 Å². The van der Waals surface area contributed by atoms with E-state index in [0.29, 0.717) is 4.34 Å². The highest BCUT2D eigenvalue weighted by atomic mass is 35.5. The van der Waals surface area contributed by atoms with Crippen LogP contribution in [0.5, 0.6) is 0 Å². The molecule has 0 radical (unpaired) electrons. The molecular formula is C11H14ClN3S2. The van der Waals surface area contributed by atoms with Gasteiger partial charge in [0, 0.05) is 10.8 Å². The van der Waals surface area contributed by atoms with Crippen molar-refractivity contribution in [1.82, 2.24) is 9.97 Å². The highest BCUT2D eigenvalue weighted by Crippen LogP contribution is 2.31. The van der Waals surface area contributed by atoms with Crippen molar-refractivity contribution in [2.45, 2.75) is 32.2 Å². The molecule has 17 heavy (non-hydrogen) atoms. The average molecular weight is 288 g/mol. The second-order valence-corrected chi connectivity index (χ2v) is 7.38. The van der Waals surface area contributed by atoms with Crippen molar-refractivity contribution in [1.29, 1.82) is 0 Å². The minimum absolute atomic E-state index is 0.0506. The monoisotopic (exact) mass is 287 g/mol. The lowest BCUT2D eigenvalue weighted by Gasteiger charge is -2.14. The van der Waals surface area contributed by atoms with E-state index in [2.05, 4.69) is 36.1 Å². The highest BCUT2D eigenvalue weighted by Gasteiger charge is 2.21. The summed E-state index contributed by atoms with van der Waals surface area (Å²) in [5, 5.41) is 3.76. The molecule has 2 aromatic heterocycles. The molecule has 0 amide bonds. The lowest BCUT2D eigenvalue weighted by Crippen LogP contribution is -2.14. The minimum atomic E-state index is -0.270. The molecule has 0 aliphatic carbocycles. The molecule has 92 valence electrons.